The molecule has 1 amide bonds. The Kier molecular flexibility index (Phi) is 4.86. The van der Waals surface area contributed by atoms with Crippen LogP contribution in [-0.2, 0) is 13.6 Å². The SMILES string of the molecule is Cc1ccc(CN(C(=O)c2cnc3c(c2)c(C)nn3C)c2ccc3c(c2)OCCO3)s1. The van der Waals surface area contributed by atoms with Crippen molar-refractivity contribution >= 4 is 34.0 Å². The van der Waals surface area contributed by atoms with Crippen LogP contribution in [0.4, 0.5) is 5.69 Å². The number of aromatic nitrogens is 3. The number of thiophene rings is 1. The predicted octanol–water partition coefficient (Wildman–Crippen LogP) is 4.26. The molecule has 3 aromatic heterocycles. The third-order valence-corrected chi connectivity index (χ3v) is 6.29. The number of hydrogen-bond acceptors (Lipinski definition) is 6. The van der Waals surface area contributed by atoms with E-state index in [4.69, 9.17) is 9.47 Å². The van der Waals surface area contributed by atoms with Crippen molar-refractivity contribution in [2.45, 2.75) is 20.4 Å². The molecule has 0 fully saturated rings. The van der Waals surface area contributed by atoms with Crippen LogP contribution in [0.15, 0.2) is 42.6 Å². The molecule has 31 heavy (non-hydrogen) atoms. The van der Waals surface area contributed by atoms with E-state index in [0.717, 1.165) is 27.3 Å². The van der Waals surface area contributed by atoms with Crippen molar-refractivity contribution in [2.24, 2.45) is 7.05 Å². The Morgan fingerprint density at radius 3 is 2.71 bits per heavy atom. The summed E-state index contributed by atoms with van der Waals surface area (Å²) in [5, 5.41) is 5.29. The molecular weight excluding hydrogens is 412 g/mol. The smallest absolute Gasteiger partial charge is 0.260 e. The van der Waals surface area contributed by atoms with Crippen LogP contribution in [0.3, 0.4) is 0 Å². The van der Waals surface area contributed by atoms with Crippen LogP contribution in [0.1, 0.15) is 25.8 Å². The van der Waals surface area contributed by atoms with E-state index in [0.29, 0.717) is 36.8 Å². The van der Waals surface area contributed by atoms with Crippen LogP contribution in [-0.4, -0.2) is 33.9 Å². The van der Waals surface area contributed by atoms with E-state index in [2.05, 4.69) is 29.1 Å². The largest absolute Gasteiger partial charge is 0.486 e. The van der Waals surface area contributed by atoms with Crippen LogP contribution >= 0.6 is 11.3 Å². The summed E-state index contributed by atoms with van der Waals surface area (Å²) in [4.78, 5) is 22.2. The van der Waals surface area contributed by atoms with Crippen LogP contribution in [0.2, 0.25) is 0 Å². The van der Waals surface area contributed by atoms with Gasteiger partial charge >= 0.3 is 0 Å². The van der Waals surface area contributed by atoms with Crippen molar-refractivity contribution in [3.05, 3.63) is 63.6 Å². The summed E-state index contributed by atoms with van der Waals surface area (Å²) in [6.07, 6.45) is 1.62. The van der Waals surface area contributed by atoms with E-state index in [1.54, 1.807) is 27.1 Å². The van der Waals surface area contributed by atoms with E-state index >= 15 is 0 Å². The molecule has 0 aliphatic carbocycles. The van der Waals surface area contributed by atoms with Gasteiger partial charge in [-0.2, -0.15) is 5.10 Å². The van der Waals surface area contributed by atoms with Crippen molar-refractivity contribution in [1.29, 1.82) is 0 Å². The lowest BCUT2D eigenvalue weighted by Crippen LogP contribution is -2.30. The Labute approximate surface area is 183 Å². The molecule has 1 aliphatic heterocycles. The third kappa shape index (κ3) is 3.63. The third-order valence-electron chi connectivity index (χ3n) is 5.30. The molecule has 7 nitrogen and oxygen atoms in total. The molecule has 0 spiro atoms. The zero-order valence-corrected chi connectivity index (χ0v) is 18.4. The lowest BCUT2D eigenvalue weighted by atomic mass is 10.1. The molecule has 0 radical (unpaired) electrons. The van der Waals surface area contributed by atoms with Crippen molar-refractivity contribution in [2.75, 3.05) is 18.1 Å². The van der Waals surface area contributed by atoms with Crippen molar-refractivity contribution in [3.8, 4) is 11.5 Å². The Morgan fingerprint density at radius 2 is 1.94 bits per heavy atom. The first-order valence-corrected chi connectivity index (χ1v) is 10.9. The highest BCUT2D eigenvalue weighted by Crippen LogP contribution is 2.35. The fourth-order valence-electron chi connectivity index (χ4n) is 3.79. The zero-order chi connectivity index (χ0) is 21.5. The number of benzene rings is 1. The maximum atomic E-state index is 13.7. The second-order valence-electron chi connectivity index (χ2n) is 7.54. The molecule has 8 heteroatoms. The fourth-order valence-corrected chi connectivity index (χ4v) is 4.67. The van der Waals surface area contributed by atoms with E-state index in [9.17, 15) is 4.79 Å². The predicted molar refractivity (Wildman–Crippen MR) is 120 cm³/mol. The molecule has 0 bridgehead atoms. The molecule has 5 rings (SSSR count). The lowest BCUT2D eigenvalue weighted by Gasteiger charge is -2.25. The minimum absolute atomic E-state index is 0.125. The number of hydrogen-bond donors (Lipinski definition) is 0. The Morgan fingerprint density at radius 1 is 1.13 bits per heavy atom. The Balaban J connectivity index is 1.56. The van der Waals surface area contributed by atoms with Crippen LogP contribution in [0.5, 0.6) is 11.5 Å². The number of aryl methyl sites for hydroxylation is 3. The minimum atomic E-state index is -0.125. The monoisotopic (exact) mass is 434 g/mol. The molecule has 0 atom stereocenters. The molecule has 0 N–H and O–H groups in total. The second kappa shape index (κ2) is 7.70. The zero-order valence-electron chi connectivity index (χ0n) is 17.6. The summed E-state index contributed by atoms with van der Waals surface area (Å²) < 4.78 is 13.1. The number of pyridine rings is 1. The number of ether oxygens (including phenoxy) is 2. The van der Waals surface area contributed by atoms with Gasteiger partial charge in [-0.05, 0) is 44.2 Å². The first-order chi connectivity index (χ1) is 15.0. The number of carbonyl (C=O) groups is 1. The van der Waals surface area contributed by atoms with Crippen LogP contribution in [0, 0.1) is 13.8 Å². The van der Waals surface area contributed by atoms with E-state index in [1.807, 2.05) is 38.2 Å². The van der Waals surface area contributed by atoms with Crippen molar-refractivity contribution < 1.29 is 14.3 Å². The van der Waals surface area contributed by atoms with Gasteiger partial charge in [0.2, 0.25) is 0 Å². The van der Waals surface area contributed by atoms with Crippen LogP contribution in [0.25, 0.3) is 11.0 Å². The van der Waals surface area contributed by atoms with Gasteiger partial charge in [-0.25, -0.2) is 4.98 Å². The number of nitrogens with zero attached hydrogens (tertiary/aromatic N) is 4. The van der Waals surface area contributed by atoms with Gasteiger partial charge in [0, 0.05) is 40.1 Å². The summed E-state index contributed by atoms with van der Waals surface area (Å²) >= 11 is 1.68. The average Bonchev–Trinajstić information content (AvgIpc) is 3.32. The van der Waals surface area contributed by atoms with Gasteiger partial charge in [0.15, 0.2) is 17.1 Å². The number of anilines is 1. The van der Waals surface area contributed by atoms with Crippen molar-refractivity contribution in [3.63, 3.8) is 0 Å². The van der Waals surface area contributed by atoms with Gasteiger partial charge in [-0.3, -0.25) is 9.48 Å². The molecule has 0 saturated heterocycles. The number of fused-ring (bicyclic) bond motifs is 2. The molecule has 1 aromatic carbocycles. The highest BCUT2D eigenvalue weighted by Gasteiger charge is 2.23. The summed E-state index contributed by atoms with van der Waals surface area (Å²) in [6, 6.07) is 11.6. The molecular formula is C23H22N4O3S. The van der Waals surface area contributed by atoms with Gasteiger partial charge in [0.25, 0.3) is 5.91 Å². The summed E-state index contributed by atoms with van der Waals surface area (Å²) in [5.74, 6) is 1.23. The van der Waals surface area contributed by atoms with E-state index in [1.165, 1.54) is 4.88 Å². The summed E-state index contributed by atoms with van der Waals surface area (Å²) in [5.41, 5.74) is 2.88. The number of amides is 1. The molecule has 4 aromatic rings. The maximum absolute atomic E-state index is 13.7. The molecule has 158 valence electrons. The highest BCUT2D eigenvalue weighted by atomic mass is 32.1. The number of carbonyl (C=O) groups excluding carboxylic acids is 1. The molecule has 0 saturated carbocycles. The first kappa shape index (κ1) is 19.6. The van der Waals surface area contributed by atoms with Crippen molar-refractivity contribution in [1.82, 2.24) is 14.8 Å². The topological polar surface area (TPSA) is 69.5 Å². The molecule has 1 aliphatic rings. The van der Waals surface area contributed by atoms with Gasteiger partial charge in [-0.1, -0.05) is 0 Å². The second-order valence-corrected chi connectivity index (χ2v) is 8.91. The Hall–Kier alpha value is -3.39. The Bertz CT molecular complexity index is 1290. The first-order valence-electron chi connectivity index (χ1n) is 10.1. The average molecular weight is 435 g/mol. The number of rotatable bonds is 4. The van der Waals surface area contributed by atoms with E-state index < -0.39 is 0 Å². The molecule has 0 unspecified atom stereocenters. The normalized spacial score (nSPS) is 12.9. The van der Waals surface area contributed by atoms with E-state index in [-0.39, 0.29) is 5.91 Å². The highest BCUT2D eigenvalue weighted by molar-refractivity contribution is 7.11. The summed E-state index contributed by atoms with van der Waals surface area (Å²) in [7, 11) is 1.85. The quantitative estimate of drug-likeness (QED) is 0.480. The van der Waals surface area contributed by atoms with Gasteiger partial charge in [0.05, 0.1) is 17.8 Å². The van der Waals surface area contributed by atoms with Crippen LogP contribution < -0.4 is 14.4 Å². The molecule has 4 heterocycles. The van der Waals surface area contributed by atoms with Gasteiger partial charge in [0.1, 0.15) is 13.2 Å². The standard InChI is InChI=1S/C23H22N4O3S/c1-14-4-6-18(31-14)13-27(17-5-7-20-21(11-17)30-9-8-29-20)23(28)16-10-19-15(2)25-26(3)22(19)24-12-16/h4-7,10-12H,8-9,13H2,1-3H3. The van der Waals surface area contributed by atoms with Gasteiger partial charge in [-0.15, -0.1) is 11.3 Å². The summed E-state index contributed by atoms with van der Waals surface area (Å²) in [6.45, 7) is 5.47. The lowest BCUT2D eigenvalue weighted by molar-refractivity contribution is 0.0985. The fraction of sp³-hybridized carbons (Fsp3) is 0.261. The maximum Gasteiger partial charge on any atom is 0.260 e. The minimum Gasteiger partial charge on any atom is -0.486 e. The van der Waals surface area contributed by atoms with Gasteiger partial charge < -0.3 is 14.4 Å².